The first-order chi connectivity index (χ1) is 9.36. The normalized spacial score (nSPS) is 22.5. The van der Waals surface area contributed by atoms with Crippen LogP contribution in [0.3, 0.4) is 0 Å². The second kappa shape index (κ2) is 7.99. The smallest absolute Gasteiger partial charge is 0.161 e. The molecule has 1 aromatic rings. The summed E-state index contributed by atoms with van der Waals surface area (Å²) in [4.78, 5) is 0. The maximum Gasteiger partial charge on any atom is 0.161 e. The minimum absolute atomic E-state index is 0.377. The van der Waals surface area contributed by atoms with Gasteiger partial charge in [0.05, 0.1) is 26.4 Å². The number of ether oxygens (including phenoxy) is 4. The summed E-state index contributed by atoms with van der Waals surface area (Å²) >= 11 is 0. The molecule has 0 aromatic heterocycles. The molecule has 1 atom stereocenters. The van der Waals surface area contributed by atoms with E-state index >= 15 is 0 Å². The van der Waals surface area contributed by atoms with Gasteiger partial charge in [-0.25, -0.2) is 0 Å². The Morgan fingerprint density at radius 3 is 2.42 bits per heavy atom. The number of aliphatic hydroxyl groups is 1. The highest BCUT2D eigenvalue weighted by molar-refractivity contribution is 5.39. The summed E-state index contributed by atoms with van der Waals surface area (Å²) in [6.45, 7) is 2.45. The summed E-state index contributed by atoms with van der Waals surface area (Å²) in [5.74, 6) is 1.41. The zero-order valence-corrected chi connectivity index (χ0v) is 10.9. The molecular formula is C14H20O5. The van der Waals surface area contributed by atoms with Crippen LogP contribution in [0.5, 0.6) is 11.5 Å². The molecule has 1 heterocycles. The van der Waals surface area contributed by atoms with Gasteiger partial charge in [0.2, 0.25) is 0 Å². The van der Waals surface area contributed by atoms with Crippen molar-refractivity contribution in [3.63, 3.8) is 0 Å². The Balaban J connectivity index is 1.94. The lowest BCUT2D eigenvalue weighted by Gasteiger charge is -2.16. The lowest BCUT2D eigenvalue weighted by atomic mass is 10.3. The summed E-state index contributed by atoms with van der Waals surface area (Å²) < 4.78 is 21.8. The number of aliphatic hydroxyl groups excluding tert-OH is 1. The monoisotopic (exact) mass is 268 g/mol. The minimum Gasteiger partial charge on any atom is -0.490 e. The van der Waals surface area contributed by atoms with E-state index in [0.29, 0.717) is 45.2 Å². The van der Waals surface area contributed by atoms with E-state index in [1.165, 1.54) is 0 Å². The van der Waals surface area contributed by atoms with Crippen molar-refractivity contribution in [2.24, 2.45) is 0 Å². The van der Waals surface area contributed by atoms with Crippen LogP contribution in [-0.4, -0.2) is 44.4 Å². The van der Waals surface area contributed by atoms with Gasteiger partial charge in [0.25, 0.3) is 0 Å². The molecule has 1 N–H and O–H groups in total. The lowest BCUT2D eigenvalue weighted by Crippen LogP contribution is -2.19. The summed E-state index contributed by atoms with van der Waals surface area (Å²) in [6, 6.07) is 7.51. The van der Waals surface area contributed by atoms with Crippen molar-refractivity contribution in [2.45, 2.75) is 19.1 Å². The Morgan fingerprint density at radius 1 is 0.895 bits per heavy atom. The average Bonchev–Trinajstić information content (AvgIpc) is 2.42. The van der Waals surface area contributed by atoms with E-state index in [-0.39, 0.29) is 0 Å². The van der Waals surface area contributed by atoms with Gasteiger partial charge >= 0.3 is 0 Å². The number of hydrogen-bond acceptors (Lipinski definition) is 5. The van der Waals surface area contributed by atoms with Gasteiger partial charge in [-0.05, 0) is 12.1 Å². The predicted molar refractivity (Wildman–Crippen MR) is 69.4 cm³/mol. The molecule has 0 fully saturated rings. The topological polar surface area (TPSA) is 57.2 Å². The molecule has 0 aliphatic carbocycles. The molecule has 1 aliphatic rings. The molecule has 0 saturated heterocycles. The van der Waals surface area contributed by atoms with Gasteiger partial charge in [-0.3, -0.25) is 0 Å². The highest BCUT2D eigenvalue weighted by Gasteiger charge is 2.08. The minimum atomic E-state index is -0.820. The molecule has 2 rings (SSSR count). The number of fused-ring (bicyclic) bond motifs is 1. The average molecular weight is 268 g/mol. The van der Waals surface area contributed by atoms with Gasteiger partial charge in [-0.15, -0.1) is 0 Å². The molecule has 106 valence electrons. The Labute approximate surface area is 113 Å². The summed E-state index contributed by atoms with van der Waals surface area (Å²) in [6.07, 6.45) is 0.394. The van der Waals surface area contributed by atoms with Crippen LogP contribution in [0.15, 0.2) is 24.3 Å². The molecule has 1 aliphatic heterocycles. The molecular weight excluding hydrogens is 248 g/mol. The zero-order chi connectivity index (χ0) is 13.3. The van der Waals surface area contributed by atoms with E-state index in [1.807, 2.05) is 24.3 Å². The van der Waals surface area contributed by atoms with Gasteiger partial charge in [0, 0.05) is 19.4 Å². The SMILES string of the molecule is OC1CCOc2ccccc2OCCCOCCO1. The fourth-order valence-corrected chi connectivity index (χ4v) is 1.73. The molecule has 0 saturated carbocycles. The molecule has 0 amide bonds. The first-order valence-corrected chi connectivity index (χ1v) is 6.58. The number of benzene rings is 1. The summed E-state index contributed by atoms with van der Waals surface area (Å²) in [7, 11) is 0. The molecule has 5 heteroatoms. The molecule has 1 aromatic carbocycles. The van der Waals surface area contributed by atoms with Crippen LogP contribution >= 0.6 is 0 Å². The Hall–Kier alpha value is -1.30. The highest BCUT2D eigenvalue weighted by atomic mass is 16.6. The summed E-state index contributed by atoms with van der Waals surface area (Å²) in [5, 5.41) is 9.58. The maximum atomic E-state index is 9.58. The van der Waals surface area contributed by atoms with Crippen LogP contribution < -0.4 is 9.47 Å². The quantitative estimate of drug-likeness (QED) is 0.774. The standard InChI is InChI=1S/C14H20O5/c15-14-6-9-18-13-5-2-1-4-12(13)17-8-3-7-16-10-11-19-14/h1-2,4-5,14-15H,3,6-11H2. The van der Waals surface area contributed by atoms with E-state index < -0.39 is 6.29 Å². The van der Waals surface area contributed by atoms with E-state index in [0.717, 1.165) is 12.2 Å². The zero-order valence-electron chi connectivity index (χ0n) is 10.9. The molecule has 0 spiro atoms. The van der Waals surface area contributed by atoms with Gasteiger partial charge in [0.1, 0.15) is 0 Å². The van der Waals surface area contributed by atoms with Crippen molar-refractivity contribution < 1.29 is 24.1 Å². The van der Waals surface area contributed by atoms with E-state index in [4.69, 9.17) is 18.9 Å². The summed E-state index contributed by atoms with van der Waals surface area (Å²) in [5.41, 5.74) is 0. The van der Waals surface area contributed by atoms with Crippen LogP contribution in [0.1, 0.15) is 12.8 Å². The second-order valence-electron chi connectivity index (χ2n) is 4.22. The van der Waals surface area contributed by atoms with Crippen LogP contribution in [-0.2, 0) is 9.47 Å². The third-order valence-corrected chi connectivity index (χ3v) is 2.70. The van der Waals surface area contributed by atoms with Crippen LogP contribution in [0.25, 0.3) is 0 Å². The van der Waals surface area contributed by atoms with Crippen molar-refractivity contribution >= 4 is 0 Å². The molecule has 5 nitrogen and oxygen atoms in total. The Bertz CT molecular complexity index is 369. The first-order valence-electron chi connectivity index (χ1n) is 6.58. The second-order valence-corrected chi connectivity index (χ2v) is 4.22. The van der Waals surface area contributed by atoms with Crippen LogP contribution in [0.2, 0.25) is 0 Å². The largest absolute Gasteiger partial charge is 0.490 e. The molecule has 1 unspecified atom stereocenters. The fourth-order valence-electron chi connectivity index (χ4n) is 1.73. The molecule has 19 heavy (non-hydrogen) atoms. The highest BCUT2D eigenvalue weighted by Crippen LogP contribution is 2.26. The number of rotatable bonds is 0. The van der Waals surface area contributed by atoms with Crippen molar-refractivity contribution in [1.29, 1.82) is 0 Å². The van der Waals surface area contributed by atoms with Gasteiger partial charge in [-0.2, -0.15) is 0 Å². The van der Waals surface area contributed by atoms with Gasteiger partial charge < -0.3 is 24.1 Å². The number of para-hydroxylation sites is 2. The predicted octanol–water partition coefficient (Wildman–Crippen LogP) is 1.59. The molecule has 0 radical (unpaired) electrons. The van der Waals surface area contributed by atoms with E-state index in [9.17, 15) is 5.11 Å². The van der Waals surface area contributed by atoms with Crippen molar-refractivity contribution in [3.05, 3.63) is 24.3 Å². The van der Waals surface area contributed by atoms with Crippen molar-refractivity contribution in [2.75, 3.05) is 33.0 Å². The van der Waals surface area contributed by atoms with Gasteiger partial charge in [-0.1, -0.05) is 12.1 Å². The van der Waals surface area contributed by atoms with E-state index in [2.05, 4.69) is 0 Å². The lowest BCUT2D eigenvalue weighted by molar-refractivity contribution is -0.119. The maximum absolute atomic E-state index is 9.58. The Morgan fingerprint density at radius 2 is 1.63 bits per heavy atom. The van der Waals surface area contributed by atoms with Crippen LogP contribution in [0.4, 0.5) is 0 Å². The van der Waals surface area contributed by atoms with Crippen molar-refractivity contribution in [3.8, 4) is 11.5 Å². The van der Waals surface area contributed by atoms with Crippen LogP contribution in [0, 0.1) is 0 Å². The third-order valence-electron chi connectivity index (χ3n) is 2.70. The molecule has 0 bridgehead atoms. The van der Waals surface area contributed by atoms with E-state index in [1.54, 1.807) is 0 Å². The fraction of sp³-hybridized carbons (Fsp3) is 0.571. The third kappa shape index (κ3) is 5.06. The van der Waals surface area contributed by atoms with Gasteiger partial charge in [0.15, 0.2) is 17.8 Å². The van der Waals surface area contributed by atoms with Crippen molar-refractivity contribution in [1.82, 2.24) is 0 Å². The first kappa shape index (κ1) is 14.1. The number of hydrogen-bond donors (Lipinski definition) is 1. The Kier molecular flexibility index (Phi) is 5.94.